The third kappa shape index (κ3) is 3.15. The lowest BCUT2D eigenvalue weighted by atomic mass is 10.2. The molecule has 0 radical (unpaired) electrons. The van der Waals surface area contributed by atoms with Crippen molar-refractivity contribution in [1.29, 1.82) is 0 Å². The highest BCUT2D eigenvalue weighted by molar-refractivity contribution is 7.98. The predicted octanol–water partition coefficient (Wildman–Crippen LogP) is 3.61. The Morgan fingerprint density at radius 1 is 1.19 bits per heavy atom. The molecule has 0 bridgehead atoms. The number of thioether (sulfide) groups is 1. The van der Waals surface area contributed by atoms with Gasteiger partial charge in [-0.05, 0) is 29.8 Å². The number of halogens is 1. The van der Waals surface area contributed by atoms with Crippen molar-refractivity contribution < 1.29 is 0 Å². The van der Waals surface area contributed by atoms with Crippen LogP contribution in [0.1, 0.15) is 5.56 Å². The van der Waals surface area contributed by atoms with Crippen molar-refractivity contribution in [3.05, 3.63) is 53.2 Å². The molecule has 2 nitrogen and oxygen atoms in total. The predicted molar refractivity (Wildman–Crippen MR) is 69.7 cm³/mol. The monoisotopic (exact) mass is 250 g/mol. The molecule has 0 aliphatic heterocycles. The van der Waals surface area contributed by atoms with Crippen LogP contribution >= 0.6 is 23.4 Å². The Bertz CT molecular complexity index is 471. The van der Waals surface area contributed by atoms with Gasteiger partial charge in [-0.2, -0.15) is 0 Å². The van der Waals surface area contributed by atoms with E-state index in [1.807, 2.05) is 36.4 Å². The third-order valence-corrected chi connectivity index (χ3v) is 3.39. The molecule has 0 spiro atoms. The second-order valence-corrected chi connectivity index (χ2v) is 4.82. The Kier molecular flexibility index (Phi) is 3.70. The molecule has 1 aromatic heterocycles. The van der Waals surface area contributed by atoms with Crippen LogP contribution in [0.4, 0.5) is 5.82 Å². The quantitative estimate of drug-likeness (QED) is 0.846. The molecular weight excluding hydrogens is 240 g/mol. The molecule has 0 aliphatic rings. The lowest BCUT2D eigenvalue weighted by molar-refractivity contribution is 1.27. The summed E-state index contributed by atoms with van der Waals surface area (Å²) in [5.74, 6) is 1.46. The summed E-state index contributed by atoms with van der Waals surface area (Å²) in [6, 6.07) is 11.7. The van der Waals surface area contributed by atoms with Gasteiger partial charge in [0.25, 0.3) is 0 Å². The summed E-state index contributed by atoms with van der Waals surface area (Å²) in [5.41, 5.74) is 6.85. The fourth-order valence-corrected chi connectivity index (χ4v) is 2.28. The van der Waals surface area contributed by atoms with E-state index in [0.717, 1.165) is 15.7 Å². The lowest BCUT2D eigenvalue weighted by Crippen LogP contribution is -1.88. The van der Waals surface area contributed by atoms with Crippen molar-refractivity contribution in [1.82, 2.24) is 4.98 Å². The molecule has 2 rings (SSSR count). The molecule has 2 N–H and O–H groups in total. The van der Waals surface area contributed by atoms with Gasteiger partial charge >= 0.3 is 0 Å². The van der Waals surface area contributed by atoms with Crippen molar-refractivity contribution >= 4 is 29.2 Å². The van der Waals surface area contributed by atoms with Gasteiger partial charge in [-0.3, -0.25) is 0 Å². The number of rotatable bonds is 3. The fraction of sp³-hybridized carbons (Fsp3) is 0.0833. The fourth-order valence-electron chi connectivity index (χ4n) is 1.27. The van der Waals surface area contributed by atoms with Gasteiger partial charge < -0.3 is 5.73 Å². The largest absolute Gasteiger partial charge is 0.384 e. The number of nitrogen functional groups attached to an aromatic ring is 1. The molecule has 0 unspecified atom stereocenters. The number of anilines is 1. The Hall–Kier alpha value is -1.19. The first-order valence-corrected chi connectivity index (χ1v) is 6.19. The van der Waals surface area contributed by atoms with E-state index in [4.69, 9.17) is 17.3 Å². The Morgan fingerprint density at radius 3 is 2.62 bits per heavy atom. The van der Waals surface area contributed by atoms with Gasteiger partial charge in [0.05, 0.1) is 0 Å². The molecule has 0 atom stereocenters. The molecule has 0 saturated heterocycles. The van der Waals surface area contributed by atoms with Crippen molar-refractivity contribution in [2.24, 2.45) is 0 Å². The molecule has 82 valence electrons. The van der Waals surface area contributed by atoms with E-state index in [1.165, 1.54) is 5.56 Å². The summed E-state index contributed by atoms with van der Waals surface area (Å²) in [5, 5.41) is 0.766. The standard InChI is InChI=1S/C12H11ClN2S/c13-10-3-1-9(2-4-10)8-16-11-5-6-15-12(14)7-11/h1-7H,8H2,(H2,14,15). The zero-order chi connectivity index (χ0) is 11.4. The summed E-state index contributed by atoms with van der Waals surface area (Å²) >= 11 is 7.55. The van der Waals surface area contributed by atoms with E-state index >= 15 is 0 Å². The van der Waals surface area contributed by atoms with Gasteiger partial charge in [-0.1, -0.05) is 23.7 Å². The third-order valence-electron chi connectivity index (χ3n) is 2.07. The van der Waals surface area contributed by atoms with E-state index < -0.39 is 0 Å². The number of benzene rings is 1. The van der Waals surface area contributed by atoms with Crippen LogP contribution < -0.4 is 5.73 Å². The number of aromatic nitrogens is 1. The normalized spacial score (nSPS) is 10.3. The van der Waals surface area contributed by atoms with Crippen LogP contribution in [0, 0.1) is 0 Å². The van der Waals surface area contributed by atoms with E-state index in [2.05, 4.69) is 4.98 Å². The number of nitrogens with two attached hydrogens (primary N) is 1. The maximum absolute atomic E-state index is 5.82. The van der Waals surface area contributed by atoms with Gasteiger partial charge in [0.2, 0.25) is 0 Å². The molecule has 0 fully saturated rings. The van der Waals surface area contributed by atoms with Gasteiger partial charge in [0.15, 0.2) is 0 Å². The van der Waals surface area contributed by atoms with Crippen LogP contribution in [0.3, 0.4) is 0 Å². The molecule has 16 heavy (non-hydrogen) atoms. The highest BCUT2D eigenvalue weighted by Gasteiger charge is 1.97. The van der Waals surface area contributed by atoms with Gasteiger partial charge in [0.1, 0.15) is 5.82 Å². The van der Waals surface area contributed by atoms with Crippen LogP contribution in [0.2, 0.25) is 5.02 Å². The molecular formula is C12H11ClN2S. The van der Waals surface area contributed by atoms with Gasteiger partial charge in [-0.25, -0.2) is 4.98 Å². The first-order chi connectivity index (χ1) is 7.74. The summed E-state index contributed by atoms with van der Waals surface area (Å²) < 4.78 is 0. The highest BCUT2D eigenvalue weighted by atomic mass is 35.5. The second kappa shape index (κ2) is 5.23. The number of hydrogen-bond acceptors (Lipinski definition) is 3. The minimum absolute atomic E-state index is 0.557. The van der Waals surface area contributed by atoms with Gasteiger partial charge in [0, 0.05) is 21.9 Å². The zero-order valence-electron chi connectivity index (χ0n) is 8.56. The SMILES string of the molecule is Nc1cc(SCc2ccc(Cl)cc2)ccn1. The first-order valence-electron chi connectivity index (χ1n) is 4.83. The van der Waals surface area contributed by atoms with Gasteiger partial charge in [-0.15, -0.1) is 11.8 Å². The first kappa shape index (κ1) is 11.3. The van der Waals surface area contributed by atoms with Crippen molar-refractivity contribution in [2.75, 3.05) is 5.73 Å². The number of hydrogen-bond donors (Lipinski definition) is 1. The lowest BCUT2D eigenvalue weighted by Gasteiger charge is -2.02. The number of nitrogens with zero attached hydrogens (tertiary/aromatic N) is 1. The molecule has 4 heteroatoms. The summed E-state index contributed by atoms with van der Waals surface area (Å²) in [4.78, 5) is 5.08. The van der Waals surface area contributed by atoms with E-state index in [0.29, 0.717) is 5.82 Å². The molecule has 1 aromatic carbocycles. The molecule has 0 aliphatic carbocycles. The van der Waals surface area contributed by atoms with Crippen LogP contribution in [-0.2, 0) is 5.75 Å². The van der Waals surface area contributed by atoms with Crippen molar-refractivity contribution in [3.8, 4) is 0 Å². The smallest absolute Gasteiger partial charge is 0.124 e. The van der Waals surface area contributed by atoms with Crippen molar-refractivity contribution in [3.63, 3.8) is 0 Å². The summed E-state index contributed by atoms with van der Waals surface area (Å²) in [7, 11) is 0. The molecule has 0 saturated carbocycles. The average molecular weight is 251 g/mol. The number of pyridine rings is 1. The van der Waals surface area contributed by atoms with Crippen molar-refractivity contribution in [2.45, 2.75) is 10.6 Å². The second-order valence-electron chi connectivity index (χ2n) is 3.33. The minimum Gasteiger partial charge on any atom is -0.384 e. The van der Waals surface area contributed by atoms with E-state index in [-0.39, 0.29) is 0 Å². The van der Waals surface area contributed by atoms with Crippen LogP contribution in [0.5, 0.6) is 0 Å². The maximum atomic E-state index is 5.82. The van der Waals surface area contributed by atoms with Crippen LogP contribution in [0.25, 0.3) is 0 Å². The molecule has 1 heterocycles. The van der Waals surface area contributed by atoms with E-state index in [1.54, 1.807) is 18.0 Å². The Balaban J connectivity index is 1.99. The van der Waals surface area contributed by atoms with Crippen LogP contribution in [0.15, 0.2) is 47.5 Å². The maximum Gasteiger partial charge on any atom is 0.124 e. The molecule has 0 amide bonds. The zero-order valence-corrected chi connectivity index (χ0v) is 10.1. The average Bonchev–Trinajstić information content (AvgIpc) is 2.28. The van der Waals surface area contributed by atoms with E-state index in [9.17, 15) is 0 Å². The summed E-state index contributed by atoms with van der Waals surface area (Å²) in [6.07, 6.45) is 1.72. The topological polar surface area (TPSA) is 38.9 Å². The highest BCUT2D eigenvalue weighted by Crippen LogP contribution is 2.23. The van der Waals surface area contributed by atoms with Crippen LogP contribution in [-0.4, -0.2) is 4.98 Å². The minimum atomic E-state index is 0.557. The molecule has 2 aromatic rings. The Morgan fingerprint density at radius 2 is 1.94 bits per heavy atom. The summed E-state index contributed by atoms with van der Waals surface area (Å²) in [6.45, 7) is 0. The Labute approximate surface area is 104 Å².